The number of rotatable bonds is 2. The summed E-state index contributed by atoms with van der Waals surface area (Å²) in [6.45, 7) is 0. The maximum absolute atomic E-state index is 13.8. The van der Waals surface area contributed by atoms with E-state index in [0.29, 0.717) is 0 Å². The van der Waals surface area contributed by atoms with Crippen LogP contribution in [-0.4, -0.2) is 5.11 Å². The molecular weight excluding hydrogens is 344 g/mol. The zero-order valence-electron chi connectivity index (χ0n) is 9.30. The smallest absolute Gasteiger partial charge is 0.146 e. The topological polar surface area (TPSA) is 20.2 Å². The molecule has 2 aromatic carbocycles. The van der Waals surface area contributed by atoms with Crippen LogP contribution in [0.2, 0.25) is 5.02 Å². The van der Waals surface area contributed by atoms with Gasteiger partial charge in [-0.2, -0.15) is 0 Å². The van der Waals surface area contributed by atoms with Gasteiger partial charge in [-0.15, -0.1) is 0 Å². The Balaban J connectivity index is 2.59. The first-order valence-corrected chi connectivity index (χ1v) is 6.36. The van der Waals surface area contributed by atoms with Gasteiger partial charge in [-0.3, -0.25) is 0 Å². The fraction of sp³-hybridized carbons (Fsp3) is 0.0769. The molecule has 1 atom stereocenters. The van der Waals surface area contributed by atoms with Crippen LogP contribution in [0.1, 0.15) is 17.2 Å². The molecule has 0 aliphatic rings. The Morgan fingerprint density at radius 1 is 1.05 bits per heavy atom. The van der Waals surface area contributed by atoms with Gasteiger partial charge < -0.3 is 5.11 Å². The minimum Gasteiger partial charge on any atom is -0.383 e. The number of hydrogen-bond acceptors (Lipinski definition) is 1. The first kappa shape index (κ1) is 14.4. The molecular formula is C13H7BrClF3O. The van der Waals surface area contributed by atoms with Crippen molar-refractivity contribution in [1.29, 1.82) is 0 Å². The molecule has 0 aromatic heterocycles. The van der Waals surface area contributed by atoms with Crippen molar-refractivity contribution in [3.8, 4) is 0 Å². The number of aliphatic hydroxyl groups is 1. The number of halogens is 5. The predicted octanol–water partition coefficient (Wildman–Crippen LogP) is 4.60. The molecule has 0 aliphatic heterocycles. The van der Waals surface area contributed by atoms with Crippen molar-refractivity contribution in [2.24, 2.45) is 0 Å². The van der Waals surface area contributed by atoms with Gasteiger partial charge in [0.15, 0.2) is 0 Å². The van der Waals surface area contributed by atoms with Crippen molar-refractivity contribution >= 4 is 27.5 Å². The van der Waals surface area contributed by atoms with Gasteiger partial charge in [0.05, 0.1) is 15.1 Å². The van der Waals surface area contributed by atoms with Gasteiger partial charge in [0, 0.05) is 5.56 Å². The summed E-state index contributed by atoms with van der Waals surface area (Å²) in [7, 11) is 0. The largest absolute Gasteiger partial charge is 0.383 e. The zero-order chi connectivity index (χ0) is 14.2. The highest BCUT2D eigenvalue weighted by molar-refractivity contribution is 9.10. The number of benzene rings is 2. The van der Waals surface area contributed by atoms with E-state index in [1.54, 1.807) is 0 Å². The lowest BCUT2D eigenvalue weighted by Gasteiger charge is -2.15. The van der Waals surface area contributed by atoms with Gasteiger partial charge in [-0.1, -0.05) is 23.7 Å². The van der Waals surface area contributed by atoms with Crippen LogP contribution < -0.4 is 0 Å². The van der Waals surface area contributed by atoms with Crippen LogP contribution in [0.5, 0.6) is 0 Å². The van der Waals surface area contributed by atoms with Gasteiger partial charge in [0.2, 0.25) is 0 Å². The summed E-state index contributed by atoms with van der Waals surface area (Å²) < 4.78 is 40.8. The van der Waals surface area contributed by atoms with E-state index in [1.165, 1.54) is 18.2 Å². The lowest BCUT2D eigenvalue weighted by molar-refractivity contribution is 0.208. The summed E-state index contributed by atoms with van der Waals surface area (Å²) in [5.41, 5.74) is -0.681. The third-order valence-electron chi connectivity index (χ3n) is 2.63. The Morgan fingerprint density at radius 2 is 1.74 bits per heavy atom. The maximum atomic E-state index is 13.8. The molecule has 2 aromatic rings. The summed E-state index contributed by atoms with van der Waals surface area (Å²) in [6, 6.07) is 5.86. The second kappa shape index (κ2) is 5.53. The van der Waals surface area contributed by atoms with Crippen molar-refractivity contribution < 1.29 is 18.3 Å². The molecule has 0 heterocycles. The van der Waals surface area contributed by atoms with Gasteiger partial charge in [-0.05, 0) is 34.1 Å². The van der Waals surface area contributed by atoms with E-state index in [-0.39, 0.29) is 15.1 Å². The zero-order valence-corrected chi connectivity index (χ0v) is 11.6. The molecule has 0 radical (unpaired) electrons. The van der Waals surface area contributed by atoms with Crippen LogP contribution in [0, 0.1) is 17.5 Å². The normalized spacial score (nSPS) is 12.5. The lowest BCUT2D eigenvalue weighted by Crippen LogP contribution is -2.07. The van der Waals surface area contributed by atoms with Crippen LogP contribution in [0.3, 0.4) is 0 Å². The Labute approximate surface area is 120 Å². The lowest BCUT2D eigenvalue weighted by atomic mass is 10.0. The van der Waals surface area contributed by atoms with Crippen molar-refractivity contribution in [2.75, 3.05) is 0 Å². The van der Waals surface area contributed by atoms with E-state index in [9.17, 15) is 18.3 Å². The van der Waals surface area contributed by atoms with Crippen LogP contribution in [0.4, 0.5) is 13.2 Å². The average molecular weight is 352 g/mol. The average Bonchev–Trinajstić information content (AvgIpc) is 2.37. The first-order chi connectivity index (χ1) is 8.93. The molecule has 0 saturated carbocycles. The van der Waals surface area contributed by atoms with Crippen molar-refractivity contribution in [3.63, 3.8) is 0 Å². The van der Waals surface area contributed by atoms with Crippen molar-refractivity contribution in [1.82, 2.24) is 0 Å². The summed E-state index contributed by atoms with van der Waals surface area (Å²) in [6.07, 6.45) is -1.69. The molecule has 1 nitrogen and oxygen atoms in total. The molecule has 0 amide bonds. The highest BCUT2D eigenvalue weighted by Crippen LogP contribution is 2.34. The van der Waals surface area contributed by atoms with E-state index >= 15 is 0 Å². The fourth-order valence-electron chi connectivity index (χ4n) is 1.68. The quantitative estimate of drug-likeness (QED) is 0.784. The van der Waals surface area contributed by atoms with E-state index in [1.807, 2.05) is 0 Å². The fourth-order valence-corrected chi connectivity index (χ4v) is 2.26. The minimum atomic E-state index is -1.69. The standard InChI is InChI=1S/C13H7BrClF3O/c14-7-4-5-8(16)10(12(7)18)13(19)6-2-1-3-9(17)11(6)15/h1-5,13,19H. The Morgan fingerprint density at radius 3 is 2.42 bits per heavy atom. The minimum absolute atomic E-state index is 0.00419. The Kier molecular flexibility index (Phi) is 4.18. The molecule has 0 spiro atoms. The molecule has 0 aliphatic carbocycles. The molecule has 19 heavy (non-hydrogen) atoms. The summed E-state index contributed by atoms with van der Waals surface area (Å²) in [5, 5.41) is 9.66. The Hall–Kier alpha value is -1.04. The molecule has 0 saturated heterocycles. The molecule has 0 bridgehead atoms. The first-order valence-electron chi connectivity index (χ1n) is 5.19. The number of hydrogen-bond donors (Lipinski definition) is 1. The van der Waals surface area contributed by atoms with E-state index in [0.717, 1.165) is 12.1 Å². The van der Waals surface area contributed by atoms with Crippen LogP contribution in [0.15, 0.2) is 34.8 Å². The molecule has 0 fully saturated rings. The second-order valence-electron chi connectivity index (χ2n) is 3.80. The van der Waals surface area contributed by atoms with Crippen LogP contribution in [-0.2, 0) is 0 Å². The van der Waals surface area contributed by atoms with Gasteiger partial charge in [0.25, 0.3) is 0 Å². The van der Waals surface area contributed by atoms with E-state index in [4.69, 9.17) is 11.6 Å². The SMILES string of the molecule is OC(c1cccc(F)c1Cl)c1c(F)ccc(Br)c1F. The predicted molar refractivity (Wildman–Crippen MR) is 69.5 cm³/mol. The van der Waals surface area contributed by atoms with Gasteiger partial charge in [-0.25, -0.2) is 13.2 Å². The highest BCUT2D eigenvalue weighted by Gasteiger charge is 2.24. The van der Waals surface area contributed by atoms with Crippen LogP contribution >= 0.6 is 27.5 Å². The molecule has 2 rings (SSSR count). The monoisotopic (exact) mass is 350 g/mol. The van der Waals surface area contributed by atoms with Crippen LogP contribution in [0.25, 0.3) is 0 Å². The van der Waals surface area contributed by atoms with Gasteiger partial charge in [0.1, 0.15) is 23.6 Å². The second-order valence-corrected chi connectivity index (χ2v) is 5.03. The van der Waals surface area contributed by atoms with Crippen molar-refractivity contribution in [3.05, 3.63) is 68.4 Å². The van der Waals surface area contributed by atoms with E-state index < -0.39 is 29.1 Å². The summed E-state index contributed by atoms with van der Waals surface area (Å²) in [5.74, 6) is -2.66. The maximum Gasteiger partial charge on any atom is 0.146 e. The highest BCUT2D eigenvalue weighted by atomic mass is 79.9. The molecule has 1 N–H and O–H groups in total. The van der Waals surface area contributed by atoms with Gasteiger partial charge >= 0.3 is 0 Å². The molecule has 100 valence electrons. The Bertz CT molecular complexity index is 634. The third-order valence-corrected chi connectivity index (χ3v) is 3.64. The summed E-state index contributed by atoms with van der Waals surface area (Å²) >= 11 is 8.59. The summed E-state index contributed by atoms with van der Waals surface area (Å²) in [4.78, 5) is 0. The molecule has 6 heteroatoms. The number of aliphatic hydroxyl groups excluding tert-OH is 1. The third kappa shape index (κ3) is 2.63. The molecule has 1 unspecified atom stereocenters. The van der Waals surface area contributed by atoms with E-state index in [2.05, 4.69) is 15.9 Å². The van der Waals surface area contributed by atoms with Crippen molar-refractivity contribution in [2.45, 2.75) is 6.10 Å².